The maximum absolute atomic E-state index is 11.4. The highest BCUT2D eigenvalue weighted by Gasteiger charge is 2.40. The van der Waals surface area contributed by atoms with E-state index in [2.05, 4.69) is 5.32 Å². The number of carbonyl (C=O) groups is 2. The highest BCUT2D eigenvalue weighted by molar-refractivity contribution is 5.86. The molecule has 2 atom stereocenters. The Balaban J connectivity index is 1.68. The second-order valence-electron chi connectivity index (χ2n) is 4.14. The summed E-state index contributed by atoms with van der Waals surface area (Å²) in [6, 6.07) is 9.15. The van der Waals surface area contributed by atoms with Gasteiger partial charge in [0.2, 0.25) is 0 Å². The summed E-state index contributed by atoms with van der Waals surface area (Å²) < 4.78 is 9.71. The Kier molecular flexibility index (Phi) is 3.82. The first-order valence-electron chi connectivity index (χ1n) is 5.84. The first kappa shape index (κ1) is 12.4. The number of hydrogen-bond acceptors (Lipinski definition) is 4. The molecule has 5 heteroatoms. The molecule has 0 saturated carbocycles. The van der Waals surface area contributed by atoms with Crippen LogP contribution in [0.5, 0.6) is 0 Å². The van der Waals surface area contributed by atoms with Gasteiger partial charge < -0.3 is 14.8 Å². The van der Waals surface area contributed by atoms with Gasteiger partial charge in [-0.1, -0.05) is 30.3 Å². The largest absolute Gasteiger partial charge is 0.458 e. The molecule has 1 aliphatic rings. The van der Waals surface area contributed by atoms with Gasteiger partial charge in [-0.15, -0.1) is 0 Å². The molecule has 18 heavy (non-hydrogen) atoms. The van der Waals surface area contributed by atoms with Gasteiger partial charge in [0, 0.05) is 6.42 Å². The molecule has 96 valence electrons. The number of esters is 1. The van der Waals surface area contributed by atoms with Gasteiger partial charge in [0.05, 0.1) is 6.61 Å². The fourth-order valence-corrected chi connectivity index (χ4v) is 1.70. The first-order chi connectivity index (χ1) is 8.66. The predicted molar refractivity (Wildman–Crippen MR) is 64.0 cm³/mol. The summed E-state index contributed by atoms with van der Waals surface area (Å²) in [7, 11) is 0. The smallest absolute Gasteiger partial charge is 0.407 e. The van der Waals surface area contributed by atoms with Gasteiger partial charge >= 0.3 is 12.1 Å². The molecule has 1 saturated heterocycles. The molecule has 5 nitrogen and oxygen atoms in total. The van der Waals surface area contributed by atoms with Crippen molar-refractivity contribution in [1.82, 2.24) is 5.32 Å². The number of carbonyl (C=O) groups excluding carboxylic acids is 2. The lowest BCUT2D eigenvalue weighted by Crippen LogP contribution is -2.58. The summed E-state index contributed by atoms with van der Waals surface area (Å²) in [5.41, 5.74) is 1.10. The summed E-state index contributed by atoms with van der Waals surface area (Å²) in [6.45, 7) is 2.00. The second kappa shape index (κ2) is 5.53. The van der Waals surface area contributed by atoms with E-state index in [1.54, 1.807) is 6.92 Å². The van der Waals surface area contributed by atoms with E-state index >= 15 is 0 Å². The molecule has 2 rings (SSSR count). The van der Waals surface area contributed by atoms with Gasteiger partial charge in [-0.05, 0) is 12.5 Å². The quantitative estimate of drug-likeness (QED) is 0.816. The summed E-state index contributed by atoms with van der Waals surface area (Å²) in [4.78, 5) is 22.4. The van der Waals surface area contributed by atoms with Crippen molar-refractivity contribution in [1.29, 1.82) is 0 Å². The van der Waals surface area contributed by atoms with E-state index < -0.39 is 18.1 Å². The zero-order valence-electron chi connectivity index (χ0n) is 10.1. The number of rotatable bonds is 4. The molecular weight excluding hydrogens is 234 g/mol. The molecule has 0 unspecified atom stereocenters. The second-order valence-corrected chi connectivity index (χ2v) is 4.14. The van der Waals surface area contributed by atoms with Crippen molar-refractivity contribution in [3.8, 4) is 0 Å². The fourth-order valence-electron chi connectivity index (χ4n) is 1.70. The minimum Gasteiger partial charge on any atom is -0.458 e. The third-order valence-corrected chi connectivity index (χ3v) is 2.77. The van der Waals surface area contributed by atoms with E-state index in [4.69, 9.17) is 9.47 Å². The van der Waals surface area contributed by atoms with Crippen molar-refractivity contribution in [2.75, 3.05) is 6.61 Å². The zero-order chi connectivity index (χ0) is 13.0. The maximum atomic E-state index is 11.4. The van der Waals surface area contributed by atoms with E-state index in [9.17, 15) is 9.59 Å². The van der Waals surface area contributed by atoms with E-state index in [0.29, 0.717) is 6.42 Å². The zero-order valence-corrected chi connectivity index (χ0v) is 10.1. The van der Waals surface area contributed by atoms with Crippen molar-refractivity contribution in [3.63, 3.8) is 0 Å². The fraction of sp³-hybridized carbons (Fsp3) is 0.385. The third kappa shape index (κ3) is 3.00. The van der Waals surface area contributed by atoms with E-state index in [1.807, 2.05) is 30.3 Å². The van der Waals surface area contributed by atoms with Gasteiger partial charge in [-0.2, -0.15) is 0 Å². The minimum absolute atomic E-state index is 0.279. The number of cyclic esters (lactones) is 1. The van der Waals surface area contributed by atoms with Gasteiger partial charge in [0.15, 0.2) is 6.04 Å². The molecule has 1 amide bonds. The van der Waals surface area contributed by atoms with E-state index in [1.165, 1.54) is 0 Å². The van der Waals surface area contributed by atoms with Crippen LogP contribution in [0.15, 0.2) is 30.3 Å². The lowest BCUT2D eigenvalue weighted by atomic mass is 10.1. The molecule has 1 aromatic carbocycles. The molecule has 1 N–H and O–H groups in total. The Morgan fingerprint density at radius 3 is 2.72 bits per heavy atom. The predicted octanol–water partition coefficient (Wildman–Crippen LogP) is 1.27. The summed E-state index contributed by atoms with van der Waals surface area (Å²) in [6.07, 6.45) is -0.211. The molecule has 0 spiro atoms. The lowest BCUT2D eigenvalue weighted by Gasteiger charge is -2.32. The van der Waals surface area contributed by atoms with Crippen LogP contribution in [0.25, 0.3) is 0 Å². The van der Waals surface area contributed by atoms with Crippen LogP contribution < -0.4 is 5.32 Å². The van der Waals surface area contributed by atoms with Crippen LogP contribution in [0, 0.1) is 0 Å². The average Bonchev–Trinajstić information content (AvgIpc) is 2.38. The topological polar surface area (TPSA) is 64.6 Å². The van der Waals surface area contributed by atoms with Crippen LogP contribution in [0.4, 0.5) is 4.79 Å². The Morgan fingerprint density at radius 1 is 1.39 bits per heavy atom. The van der Waals surface area contributed by atoms with Crippen molar-refractivity contribution < 1.29 is 19.1 Å². The summed E-state index contributed by atoms with van der Waals surface area (Å²) in [5.74, 6) is -0.414. The highest BCUT2D eigenvalue weighted by atomic mass is 16.6. The molecule has 0 aromatic heterocycles. The van der Waals surface area contributed by atoms with Crippen LogP contribution in [-0.4, -0.2) is 30.8 Å². The van der Waals surface area contributed by atoms with Crippen LogP contribution in [0.2, 0.25) is 0 Å². The average molecular weight is 249 g/mol. The number of nitrogens with one attached hydrogen (secondary N) is 1. The van der Waals surface area contributed by atoms with Crippen molar-refractivity contribution in [2.24, 2.45) is 0 Å². The number of alkyl carbamates (subject to hydrolysis) is 1. The molecule has 1 fully saturated rings. The SMILES string of the molecule is C[C@@H]1OC(=O)[C@@H]1NC(=O)OCCc1ccccc1. The van der Waals surface area contributed by atoms with Gasteiger partial charge in [0.1, 0.15) is 6.10 Å². The van der Waals surface area contributed by atoms with Crippen LogP contribution in [0.1, 0.15) is 12.5 Å². The Morgan fingerprint density at radius 2 is 2.11 bits per heavy atom. The highest BCUT2D eigenvalue weighted by Crippen LogP contribution is 2.13. The van der Waals surface area contributed by atoms with Gasteiger partial charge in [-0.25, -0.2) is 9.59 Å². The van der Waals surface area contributed by atoms with Gasteiger partial charge in [0.25, 0.3) is 0 Å². The van der Waals surface area contributed by atoms with Crippen LogP contribution >= 0.6 is 0 Å². The van der Waals surface area contributed by atoms with Crippen LogP contribution in [0.3, 0.4) is 0 Å². The molecule has 0 aliphatic carbocycles. The molecular formula is C13H15NO4. The number of amides is 1. The Hall–Kier alpha value is -2.04. The molecule has 1 aliphatic heterocycles. The molecule has 1 heterocycles. The molecule has 0 bridgehead atoms. The Bertz CT molecular complexity index is 432. The van der Waals surface area contributed by atoms with Gasteiger partial charge in [-0.3, -0.25) is 0 Å². The maximum Gasteiger partial charge on any atom is 0.407 e. The summed E-state index contributed by atoms with van der Waals surface area (Å²) >= 11 is 0. The minimum atomic E-state index is -0.584. The van der Waals surface area contributed by atoms with Crippen molar-refractivity contribution >= 4 is 12.1 Å². The van der Waals surface area contributed by atoms with E-state index in [0.717, 1.165) is 5.56 Å². The standard InChI is InChI=1S/C13H15NO4/c1-9-11(12(15)18-9)14-13(16)17-8-7-10-5-3-2-4-6-10/h2-6,9,11H,7-8H2,1H3,(H,14,16)/t9-,11+/m0/s1. The monoisotopic (exact) mass is 249 g/mol. The third-order valence-electron chi connectivity index (χ3n) is 2.77. The number of hydrogen-bond donors (Lipinski definition) is 1. The number of benzene rings is 1. The summed E-state index contributed by atoms with van der Waals surface area (Å²) in [5, 5.41) is 2.47. The van der Waals surface area contributed by atoms with Crippen LogP contribution in [-0.2, 0) is 20.7 Å². The number of ether oxygens (including phenoxy) is 2. The normalized spacial score (nSPS) is 21.7. The Labute approximate surface area is 105 Å². The lowest BCUT2D eigenvalue weighted by molar-refractivity contribution is -0.174. The molecule has 0 radical (unpaired) electrons. The van der Waals surface area contributed by atoms with Crippen molar-refractivity contribution in [2.45, 2.75) is 25.5 Å². The first-order valence-corrected chi connectivity index (χ1v) is 5.84. The van der Waals surface area contributed by atoms with E-state index in [-0.39, 0.29) is 12.7 Å². The molecule has 1 aromatic rings. The van der Waals surface area contributed by atoms with Crippen molar-refractivity contribution in [3.05, 3.63) is 35.9 Å².